The van der Waals surface area contributed by atoms with Crippen molar-refractivity contribution in [3.8, 4) is 22.8 Å². The maximum atomic E-state index is 13.1. The highest BCUT2D eigenvalue weighted by Gasteiger charge is 2.17. The maximum Gasteiger partial charge on any atom is 0.256 e. The molecule has 5 rings (SSSR count). The number of nitrogens with one attached hydrogen (secondary N) is 1. The van der Waals surface area contributed by atoms with Crippen LogP contribution in [0.25, 0.3) is 22.2 Å². The number of para-hydroxylation sites is 2. The van der Waals surface area contributed by atoms with Gasteiger partial charge in [-0.2, -0.15) is 0 Å². The van der Waals surface area contributed by atoms with Gasteiger partial charge in [0.1, 0.15) is 13.2 Å². The summed E-state index contributed by atoms with van der Waals surface area (Å²) in [5.41, 5.74) is 3.66. The second-order valence-electron chi connectivity index (χ2n) is 6.75. The molecule has 1 N–H and O–H groups in total. The predicted molar refractivity (Wildman–Crippen MR) is 113 cm³/mol. The summed E-state index contributed by atoms with van der Waals surface area (Å²) in [6, 6.07) is 24.6. The number of fused-ring (bicyclic) bond motifs is 2. The average molecular weight is 382 g/mol. The highest BCUT2D eigenvalue weighted by molar-refractivity contribution is 6.13. The summed E-state index contributed by atoms with van der Waals surface area (Å²) in [4.78, 5) is 17.8. The number of aromatic nitrogens is 1. The van der Waals surface area contributed by atoms with E-state index >= 15 is 0 Å². The van der Waals surface area contributed by atoms with Crippen LogP contribution in [0.1, 0.15) is 10.4 Å². The fourth-order valence-electron chi connectivity index (χ4n) is 3.43. The van der Waals surface area contributed by atoms with Crippen LogP contribution in [-0.2, 0) is 0 Å². The van der Waals surface area contributed by atoms with E-state index in [2.05, 4.69) is 5.32 Å². The molecule has 29 heavy (non-hydrogen) atoms. The maximum absolute atomic E-state index is 13.1. The number of anilines is 1. The van der Waals surface area contributed by atoms with Crippen LogP contribution in [-0.4, -0.2) is 24.1 Å². The topological polar surface area (TPSA) is 60.5 Å². The molecule has 3 aromatic carbocycles. The SMILES string of the molecule is O=C(Nc1ccccc1)c1cc(-c2ccc3c(c2)OCCO3)nc2ccccc12. The Morgan fingerprint density at radius 1 is 0.828 bits per heavy atom. The number of rotatable bonds is 3. The molecular formula is C24H18N2O3. The van der Waals surface area contributed by atoms with Gasteiger partial charge in [-0.1, -0.05) is 36.4 Å². The first-order chi connectivity index (χ1) is 14.3. The first kappa shape index (κ1) is 17.3. The van der Waals surface area contributed by atoms with E-state index in [1.165, 1.54) is 0 Å². The third kappa shape index (κ3) is 3.38. The fraction of sp³-hybridized carbons (Fsp3) is 0.0833. The first-order valence-corrected chi connectivity index (χ1v) is 9.44. The molecule has 0 fully saturated rings. The van der Waals surface area contributed by atoms with Crippen LogP contribution >= 0.6 is 0 Å². The van der Waals surface area contributed by atoms with Gasteiger partial charge in [0, 0.05) is 16.6 Å². The van der Waals surface area contributed by atoms with Crippen molar-refractivity contribution in [2.75, 3.05) is 18.5 Å². The van der Waals surface area contributed by atoms with Crippen molar-refractivity contribution in [1.29, 1.82) is 0 Å². The van der Waals surface area contributed by atoms with Crippen LogP contribution in [0.5, 0.6) is 11.5 Å². The fourth-order valence-corrected chi connectivity index (χ4v) is 3.43. The van der Waals surface area contributed by atoms with E-state index in [4.69, 9.17) is 14.5 Å². The van der Waals surface area contributed by atoms with E-state index < -0.39 is 0 Å². The molecule has 5 heteroatoms. The third-order valence-electron chi connectivity index (χ3n) is 4.83. The minimum absolute atomic E-state index is 0.173. The zero-order valence-corrected chi connectivity index (χ0v) is 15.6. The number of hydrogen-bond donors (Lipinski definition) is 1. The molecule has 1 amide bonds. The number of hydrogen-bond acceptors (Lipinski definition) is 4. The molecule has 0 saturated carbocycles. The van der Waals surface area contributed by atoms with Gasteiger partial charge in [0.25, 0.3) is 5.91 Å². The quantitative estimate of drug-likeness (QED) is 0.546. The summed E-state index contributed by atoms with van der Waals surface area (Å²) in [7, 11) is 0. The van der Waals surface area contributed by atoms with Crippen LogP contribution in [0.2, 0.25) is 0 Å². The molecular weight excluding hydrogens is 364 g/mol. The van der Waals surface area contributed by atoms with Crippen molar-refractivity contribution in [3.63, 3.8) is 0 Å². The molecule has 0 unspecified atom stereocenters. The Morgan fingerprint density at radius 3 is 2.45 bits per heavy atom. The zero-order valence-electron chi connectivity index (χ0n) is 15.6. The third-order valence-corrected chi connectivity index (χ3v) is 4.83. The lowest BCUT2D eigenvalue weighted by Gasteiger charge is -2.19. The molecule has 1 aliphatic heterocycles. The van der Waals surface area contributed by atoms with E-state index in [0.717, 1.165) is 27.9 Å². The largest absolute Gasteiger partial charge is 0.486 e. The number of carbonyl (C=O) groups excluding carboxylic acids is 1. The molecule has 2 heterocycles. The minimum Gasteiger partial charge on any atom is -0.486 e. The van der Waals surface area contributed by atoms with Crippen LogP contribution in [0.4, 0.5) is 5.69 Å². The average Bonchev–Trinajstić information content (AvgIpc) is 2.78. The number of benzene rings is 3. The summed E-state index contributed by atoms with van der Waals surface area (Å²) in [5.74, 6) is 1.25. The van der Waals surface area contributed by atoms with E-state index in [9.17, 15) is 4.79 Å². The molecule has 0 atom stereocenters. The Bertz CT molecular complexity index is 1210. The normalized spacial score (nSPS) is 12.6. The Hall–Kier alpha value is -3.86. The second-order valence-corrected chi connectivity index (χ2v) is 6.75. The van der Waals surface area contributed by atoms with Crippen molar-refractivity contribution in [2.24, 2.45) is 0 Å². The van der Waals surface area contributed by atoms with Gasteiger partial charge in [0.2, 0.25) is 0 Å². The van der Waals surface area contributed by atoms with E-state index in [1.54, 1.807) is 0 Å². The number of carbonyl (C=O) groups is 1. The molecule has 0 aliphatic carbocycles. The van der Waals surface area contributed by atoms with Gasteiger partial charge in [-0.05, 0) is 42.5 Å². The van der Waals surface area contributed by atoms with E-state index in [1.807, 2.05) is 78.9 Å². The van der Waals surface area contributed by atoms with Gasteiger partial charge in [-0.25, -0.2) is 4.98 Å². The Balaban J connectivity index is 1.60. The lowest BCUT2D eigenvalue weighted by Crippen LogP contribution is -2.15. The van der Waals surface area contributed by atoms with Crippen LogP contribution in [0, 0.1) is 0 Å². The van der Waals surface area contributed by atoms with Crippen LogP contribution in [0.15, 0.2) is 78.9 Å². The molecule has 142 valence electrons. The van der Waals surface area contributed by atoms with Crippen molar-refractivity contribution >= 4 is 22.5 Å². The highest BCUT2D eigenvalue weighted by Crippen LogP contribution is 2.35. The smallest absolute Gasteiger partial charge is 0.256 e. The molecule has 0 saturated heterocycles. The molecule has 1 aliphatic rings. The van der Waals surface area contributed by atoms with Crippen molar-refractivity contribution in [3.05, 3.63) is 84.4 Å². The monoisotopic (exact) mass is 382 g/mol. The standard InChI is InChI=1S/C24H18N2O3/c27-24(25-17-6-2-1-3-7-17)19-15-21(26-20-9-5-4-8-18(19)20)16-10-11-22-23(14-16)29-13-12-28-22/h1-11,14-15H,12-13H2,(H,25,27). The Morgan fingerprint density at radius 2 is 1.59 bits per heavy atom. The van der Waals surface area contributed by atoms with Gasteiger partial charge in [0.15, 0.2) is 11.5 Å². The van der Waals surface area contributed by atoms with Crippen molar-refractivity contribution in [2.45, 2.75) is 0 Å². The number of amides is 1. The van der Waals surface area contributed by atoms with Crippen molar-refractivity contribution < 1.29 is 14.3 Å². The van der Waals surface area contributed by atoms with E-state index in [-0.39, 0.29) is 5.91 Å². The van der Waals surface area contributed by atoms with Crippen LogP contribution in [0.3, 0.4) is 0 Å². The second kappa shape index (κ2) is 7.28. The Labute approximate surface area is 167 Å². The lowest BCUT2D eigenvalue weighted by molar-refractivity contribution is 0.102. The minimum atomic E-state index is -0.173. The summed E-state index contributed by atoms with van der Waals surface area (Å²) in [6.07, 6.45) is 0. The lowest BCUT2D eigenvalue weighted by atomic mass is 10.0. The van der Waals surface area contributed by atoms with Gasteiger partial charge >= 0.3 is 0 Å². The zero-order chi connectivity index (χ0) is 19.6. The van der Waals surface area contributed by atoms with Gasteiger partial charge in [0.05, 0.1) is 16.8 Å². The molecule has 4 aromatic rings. The number of ether oxygens (including phenoxy) is 2. The summed E-state index contributed by atoms with van der Waals surface area (Å²) < 4.78 is 11.3. The number of pyridine rings is 1. The molecule has 0 bridgehead atoms. The van der Waals surface area contributed by atoms with Gasteiger partial charge < -0.3 is 14.8 Å². The Kier molecular flexibility index (Phi) is 4.33. The number of nitrogens with zero attached hydrogens (tertiary/aromatic N) is 1. The molecule has 1 aromatic heterocycles. The summed E-state index contributed by atoms with van der Waals surface area (Å²) in [6.45, 7) is 1.07. The predicted octanol–water partition coefficient (Wildman–Crippen LogP) is 4.93. The van der Waals surface area contributed by atoms with E-state index in [0.29, 0.717) is 30.2 Å². The van der Waals surface area contributed by atoms with Crippen molar-refractivity contribution in [1.82, 2.24) is 4.98 Å². The first-order valence-electron chi connectivity index (χ1n) is 9.44. The molecule has 0 radical (unpaired) electrons. The highest BCUT2D eigenvalue weighted by atomic mass is 16.6. The van der Waals surface area contributed by atoms with Gasteiger partial charge in [-0.15, -0.1) is 0 Å². The summed E-state index contributed by atoms with van der Waals surface area (Å²) >= 11 is 0. The van der Waals surface area contributed by atoms with Gasteiger partial charge in [-0.3, -0.25) is 4.79 Å². The molecule has 5 nitrogen and oxygen atoms in total. The summed E-state index contributed by atoms with van der Waals surface area (Å²) in [5, 5.41) is 3.78. The molecule has 0 spiro atoms. The van der Waals surface area contributed by atoms with Crippen LogP contribution < -0.4 is 14.8 Å².